The van der Waals surface area contributed by atoms with Crippen LogP contribution in [0.25, 0.3) is 0 Å². The summed E-state index contributed by atoms with van der Waals surface area (Å²) in [6, 6.07) is 3.67. The Morgan fingerprint density at radius 1 is 1.38 bits per heavy atom. The molecule has 86 valence electrons. The summed E-state index contributed by atoms with van der Waals surface area (Å²) in [6.07, 6.45) is 4.93. The van der Waals surface area contributed by atoms with Gasteiger partial charge in [0.2, 0.25) is 0 Å². The highest BCUT2D eigenvalue weighted by molar-refractivity contribution is 5.89. The minimum Gasteiger partial charge on any atom is -0.465 e. The summed E-state index contributed by atoms with van der Waals surface area (Å²) >= 11 is 0. The number of hydrogen-bond acceptors (Lipinski definition) is 3. The highest BCUT2D eigenvalue weighted by atomic mass is 16.5. The van der Waals surface area contributed by atoms with Crippen molar-refractivity contribution in [1.29, 1.82) is 0 Å². The molecule has 0 bridgehead atoms. The summed E-state index contributed by atoms with van der Waals surface area (Å²) in [5.41, 5.74) is 2.57. The fourth-order valence-electron chi connectivity index (χ4n) is 2.36. The molecule has 16 heavy (non-hydrogen) atoms. The van der Waals surface area contributed by atoms with Gasteiger partial charge in [-0.25, -0.2) is 4.79 Å². The Balaban J connectivity index is 2.31. The minimum atomic E-state index is -0.273. The van der Waals surface area contributed by atoms with E-state index in [9.17, 15) is 4.79 Å². The fourth-order valence-corrected chi connectivity index (χ4v) is 2.36. The second kappa shape index (κ2) is 4.64. The third kappa shape index (κ3) is 2.23. The number of carbonyl (C=O) groups is 1. The zero-order chi connectivity index (χ0) is 11.5. The lowest BCUT2D eigenvalue weighted by Gasteiger charge is -2.10. The van der Waals surface area contributed by atoms with Crippen LogP contribution in [0.3, 0.4) is 0 Å². The Hall–Kier alpha value is -1.38. The number of methoxy groups -OCH3 is 1. The first-order valence-electron chi connectivity index (χ1n) is 5.77. The summed E-state index contributed by atoms with van der Waals surface area (Å²) in [6.45, 7) is 1.92. The van der Waals surface area contributed by atoms with Gasteiger partial charge < -0.3 is 4.74 Å². The number of pyridine rings is 1. The van der Waals surface area contributed by atoms with E-state index in [2.05, 4.69) is 4.98 Å². The molecule has 0 spiro atoms. The molecule has 0 atom stereocenters. The Bertz CT molecular complexity index is 395. The van der Waals surface area contributed by atoms with Crippen molar-refractivity contribution in [1.82, 2.24) is 4.98 Å². The molecule has 1 fully saturated rings. The minimum absolute atomic E-state index is 0.273. The maximum Gasteiger partial charge on any atom is 0.337 e. The van der Waals surface area contributed by atoms with Gasteiger partial charge in [0.1, 0.15) is 0 Å². The van der Waals surface area contributed by atoms with Crippen molar-refractivity contribution >= 4 is 5.97 Å². The molecule has 1 aliphatic carbocycles. The van der Waals surface area contributed by atoms with Crippen molar-refractivity contribution in [3.63, 3.8) is 0 Å². The zero-order valence-corrected chi connectivity index (χ0v) is 9.82. The van der Waals surface area contributed by atoms with Crippen LogP contribution in [0.2, 0.25) is 0 Å². The Morgan fingerprint density at radius 3 is 2.69 bits per heavy atom. The van der Waals surface area contributed by atoms with Crippen molar-refractivity contribution in [2.24, 2.45) is 0 Å². The number of esters is 1. The quantitative estimate of drug-likeness (QED) is 0.718. The van der Waals surface area contributed by atoms with Gasteiger partial charge in [0, 0.05) is 17.3 Å². The molecule has 0 aromatic carbocycles. The van der Waals surface area contributed by atoms with E-state index in [0.29, 0.717) is 11.5 Å². The van der Waals surface area contributed by atoms with Gasteiger partial charge in [-0.2, -0.15) is 0 Å². The van der Waals surface area contributed by atoms with Gasteiger partial charge in [-0.15, -0.1) is 0 Å². The number of aromatic nitrogens is 1. The standard InChI is InChI=1S/C13H17NO2/c1-9-7-11(13(15)16-2)8-12(14-9)10-5-3-4-6-10/h7-8,10H,3-6H2,1-2H3. The Labute approximate surface area is 95.8 Å². The van der Waals surface area contributed by atoms with Crippen molar-refractivity contribution in [2.75, 3.05) is 7.11 Å². The second-order valence-corrected chi connectivity index (χ2v) is 4.40. The van der Waals surface area contributed by atoms with E-state index in [1.54, 1.807) is 6.07 Å². The molecule has 1 saturated carbocycles. The van der Waals surface area contributed by atoms with Gasteiger partial charge in [0.25, 0.3) is 0 Å². The van der Waals surface area contributed by atoms with E-state index < -0.39 is 0 Å². The molecule has 0 unspecified atom stereocenters. The van der Waals surface area contributed by atoms with Crippen LogP contribution in [0.5, 0.6) is 0 Å². The summed E-state index contributed by atoms with van der Waals surface area (Å²) in [4.78, 5) is 16.0. The first kappa shape index (κ1) is 11.1. The number of carbonyl (C=O) groups excluding carboxylic acids is 1. The van der Waals surface area contributed by atoms with Crippen LogP contribution in [0.15, 0.2) is 12.1 Å². The SMILES string of the molecule is COC(=O)c1cc(C)nc(C2CCCC2)c1. The topological polar surface area (TPSA) is 39.2 Å². The molecule has 1 aromatic rings. The van der Waals surface area contributed by atoms with Gasteiger partial charge >= 0.3 is 5.97 Å². The molecule has 0 N–H and O–H groups in total. The third-order valence-electron chi connectivity index (χ3n) is 3.17. The van der Waals surface area contributed by atoms with E-state index in [1.807, 2.05) is 13.0 Å². The molecule has 3 heteroatoms. The number of rotatable bonds is 2. The average molecular weight is 219 g/mol. The van der Waals surface area contributed by atoms with E-state index in [4.69, 9.17) is 4.74 Å². The maximum atomic E-state index is 11.5. The van der Waals surface area contributed by atoms with Crippen molar-refractivity contribution in [2.45, 2.75) is 38.5 Å². The lowest BCUT2D eigenvalue weighted by atomic mass is 10.0. The van der Waals surface area contributed by atoms with Gasteiger partial charge in [-0.1, -0.05) is 12.8 Å². The first-order chi connectivity index (χ1) is 7.70. The van der Waals surface area contributed by atoms with Crippen LogP contribution in [0.1, 0.15) is 53.3 Å². The second-order valence-electron chi connectivity index (χ2n) is 4.40. The molecule has 3 nitrogen and oxygen atoms in total. The highest BCUT2D eigenvalue weighted by Crippen LogP contribution is 2.33. The fraction of sp³-hybridized carbons (Fsp3) is 0.538. The predicted molar refractivity (Wildman–Crippen MR) is 61.5 cm³/mol. The predicted octanol–water partition coefficient (Wildman–Crippen LogP) is 2.83. The maximum absolute atomic E-state index is 11.5. The largest absolute Gasteiger partial charge is 0.465 e. The van der Waals surface area contributed by atoms with Crippen molar-refractivity contribution in [3.8, 4) is 0 Å². The molecular formula is C13H17NO2. The van der Waals surface area contributed by atoms with Crippen molar-refractivity contribution < 1.29 is 9.53 Å². The van der Waals surface area contributed by atoms with E-state index in [1.165, 1.54) is 32.8 Å². The van der Waals surface area contributed by atoms with Crippen LogP contribution in [0, 0.1) is 6.92 Å². The van der Waals surface area contributed by atoms with Gasteiger partial charge in [-0.05, 0) is 31.9 Å². The summed E-state index contributed by atoms with van der Waals surface area (Å²) in [7, 11) is 1.41. The molecule has 1 heterocycles. The Morgan fingerprint density at radius 2 is 2.06 bits per heavy atom. The average Bonchev–Trinajstić information content (AvgIpc) is 2.80. The summed E-state index contributed by atoms with van der Waals surface area (Å²) in [5.74, 6) is 0.257. The van der Waals surface area contributed by atoms with Gasteiger partial charge in [-0.3, -0.25) is 4.98 Å². The summed E-state index contributed by atoms with van der Waals surface area (Å²) in [5, 5.41) is 0. The van der Waals surface area contributed by atoms with Crippen LogP contribution in [0.4, 0.5) is 0 Å². The Kier molecular flexibility index (Phi) is 3.22. The van der Waals surface area contributed by atoms with E-state index in [0.717, 1.165) is 11.4 Å². The van der Waals surface area contributed by atoms with Crippen LogP contribution in [-0.2, 0) is 4.74 Å². The van der Waals surface area contributed by atoms with Crippen molar-refractivity contribution in [3.05, 3.63) is 29.1 Å². The lowest BCUT2D eigenvalue weighted by Crippen LogP contribution is -2.06. The first-order valence-corrected chi connectivity index (χ1v) is 5.77. The molecule has 1 aromatic heterocycles. The number of aryl methyl sites for hydroxylation is 1. The van der Waals surface area contributed by atoms with E-state index in [-0.39, 0.29) is 5.97 Å². The molecule has 0 amide bonds. The molecule has 0 saturated heterocycles. The highest BCUT2D eigenvalue weighted by Gasteiger charge is 2.20. The number of ether oxygens (including phenoxy) is 1. The van der Waals surface area contributed by atoms with Crippen LogP contribution >= 0.6 is 0 Å². The van der Waals surface area contributed by atoms with Crippen LogP contribution in [-0.4, -0.2) is 18.1 Å². The smallest absolute Gasteiger partial charge is 0.337 e. The summed E-state index contributed by atoms with van der Waals surface area (Å²) < 4.78 is 4.74. The molecule has 0 radical (unpaired) electrons. The van der Waals surface area contributed by atoms with Gasteiger partial charge in [0.15, 0.2) is 0 Å². The molecule has 1 aliphatic rings. The molecule has 0 aliphatic heterocycles. The van der Waals surface area contributed by atoms with Crippen LogP contribution < -0.4 is 0 Å². The lowest BCUT2D eigenvalue weighted by molar-refractivity contribution is 0.0600. The third-order valence-corrected chi connectivity index (χ3v) is 3.17. The number of hydrogen-bond donors (Lipinski definition) is 0. The van der Waals surface area contributed by atoms with Gasteiger partial charge in [0.05, 0.1) is 12.7 Å². The zero-order valence-electron chi connectivity index (χ0n) is 9.82. The van der Waals surface area contributed by atoms with E-state index >= 15 is 0 Å². The molecule has 2 rings (SSSR count). The number of nitrogens with zero attached hydrogens (tertiary/aromatic N) is 1. The normalized spacial score (nSPS) is 16.4. The molecular weight excluding hydrogens is 202 g/mol. The monoisotopic (exact) mass is 219 g/mol.